The molecule has 2 aromatic heterocycles. The molecule has 134 valence electrons. The van der Waals surface area contributed by atoms with Crippen LogP contribution in [0.2, 0.25) is 5.02 Å². The van der Waals surface area contributed by atoms with E-state index >= 15 is 0 Å². The van der Waals surface area contributed by atoms with Gasteiger partial charge in [0.1, 0.15) is 5.82 Å². The largest absolute Gasteiger partial charge is 0.478 e. The zero-order valence-electron chi connectivity index (χ0n) is 14.4. The van der Waals surface area contributed by atoms with Crippen LogP contribution in [0.15, 0.2) is 53.5 Å². The Morgan fingerprint density at radius 3 is 2.77 bits per heavy atom. The third kappa shape index (κ3) is 4.42. The minimum absolute atomic E-state index is 0.331. The van der Waals surface area contributed by atoms with Crippen LogP contribution >= 0.6 is 22.9 Å². The summed E-state index contributed by atoms with van der Waals surface area (Å²) in [7, 11) is 0. The quantitative estimate of drug-likeness (QED) is 0.586. The van der Waals surface area contributed by atoms with Gasteiger partial charge in [0.15, 0.2) is 0 Å². The van der Waals surface area contributed by atoms with Crippen LogP contribution in [-0.2, 0) is 24.2 Å². The van der Waals surface area contributed by atoms with Gasteiger partial charge in [-0.05, 0) is 29.2 Å². The third-order valence-electron chi connectivity index (χ3n) is 4.03. The van der Waals surface area contributed by atoms with Gasteiger partial charge in [-0.1, -0.05) is 42.8 Å². The standard InChI is InChI=1S/C20H19ClN2O2S/c1-2-19-22-16(10-15(20(24)25)11-17-7-5-9-26-17)13-23(19)12-14-6-3-4-8-18(14)21/h3-10,13H,2,11-12H2,1H3,(H,24,25)/b15-10+. The number of hydrogen-bond donors (Lipinski definition) is 1. The number of nitrogens with zero attached hydrogens (tertiary/aromatic N) is 2. The molecule has 3 aromatic rings. The summed E-state index contributed by atoms with van der Waals surface area (Å²) in [6, 6.07) is 11.6. The van der Waals surface area contributed by atoms with Gasteiger partial charge in [0.2, 0.25) is 0 Å². The highest BCUT2D eigenvalue weighted by molar-refractivity contribution is 7.09. The monoisotopic (exact) mass is 386 g/mol. The number of thiophene rings is 1. The summed E-state index contributed by atoms with van der Waals surface area (Å²) in [6.45, 7) is 2.64. The summed E-state index contributed by atoms with van der Waals surface area (Å²) < 4.78 is 2.03. The highest BCUT2D eigenvalue weighted by Gasteiger charge is 2.13. The molecule has 0 radical (unpaired) electrons. The number of aliphatic carboxylic acids is 1. The number of hydrogen-bond acceptors (Lipinski definition) is 3. The van der Waals surface area contributed by atoms with E-state index < -0.39 is 5.97 Å². The third-order valence-corrected chi connectivity index (χ3v) is 5.28. The van der Waals surface area contributed by atoms with Crippen molar-refractivity contribution in [1.82, 2.24) is 9.55 Å². The van der Waals surface area contributed by atoms with Crippen molar-refractivity contribution in [3.8, 4) is 0 Å². The maximum Gasteiger partial charge on any atom is 0.332 e. The second kappa shape index (κ2) is 8.34. The van der Waals surface area contributed by atoms with Gasteiger partial charge in [-0.2, -0.15) is 0 Å². The molecule has 0 spiro atoms. The minimum Gasteiger partial charge on any atom is -0.478 e. The molecule has 6 heteroatoms. The van der Waals surface area contributed by atoms with Gasteiger partial charge in [-0.3, -0.25) is 0 Å². The Balaban J connectivity index is 1.89. The second-order valence-electron chi connectivity index (χ2n) is 5.89. The van der Waals surface area contributed by atoms with Gasteiger partial charge in [0.05, 0.1) is 12.2 Å². The highest BCUT2D eigenvalue weighted by Crippen LogP contribution is 2.20. The van der Waals surface area contributed by atoms with Gasteiger partial charge in [0.25, 0.3) is 0 Å². The molecule has 0 bridgehead atoms. The molecule has 3 rings (SSSR count). The van der Waals surface area contributed by atoms with Crippen molar-refractivity contribution in [1.29, 1.82) is 0 Å². The number of benzene rings is 1. The average Bonchev–Trinajstić information content (AvgIpc) is 3.26. The molecular formula is C20H19ClN2O2S. The first-order valence-corrected chi connectivity index (χ1v) is 9.58. The molecule has 4 nitrogen and oxygen atoms in total. The van der Waals surface area contributed by atoms with Crippen LogP contribution in [0, 0.1) is 0 Å². The van der Waals surface area contributed by atoms with E-state index in [0.29, 0.717) is 29.3 Å². The van der Waals surface area contributed by atoms with E-state index in [0.717, 1.165) is 22.7 Å². The van der Waals surface area contributed by atoms with Crippen molar-refractivity contribution in [2.24, 2.45) is 0 Å². The molecule has 0 saturated carbocycles. The first kappa shape index (κ1) is 18.4. The maximum atomic E-state index is 11.6. The van der Waals surface area contributed by atoms with Crippen molar-refractivity contribution in [3.63, 3.8) is 0 Å². The summed E-state index contributed by atoms with van der Waals surface area (Å²) >= 11 is 7.81. The molecule has 0 fully saturated rings. The Kier molecular flexibility index (Phi) is 5.91. The lowest BCUT2D eigenvalue weighted by Gasteiger charge is -2.07. The minimum atomic E-state index is -0.919. The molecule has 0 aliphatic rings. The highest BCUT2D eigenvalue weighted by atomic mass is 35.5. The molecule has 0 saturated heterocycles. The van der Waals surface area contributed by atoms with E-state index in [1.807, 2.05) is 59.5 Å². The molecule has 0 unspecified atom stereocenters. The van der Waals surface area contributed by atoms with E-state index in [9.17, 15) is 9.90 Å². The average molecular weight is 387 g/mol. The Morgan fingerprint density at radius 2 is 2.12 bits per heavy atom. The van der Waals surface area contributed by atoms with E-state index in [4.69, 9.17) is 11.6 Å². The number of carbonyl (C=O) groups is 1. The van der Waals surface area contributed by atoms with E-state index in [-0.39, 0.29) is 0 Å². The van der Waals surface area contributed by atoms with Crippen LogP contribution in [0.3, 0.4) is 0 Å². The summed E-state index contributed by atoms with van der Waals surface area (Å²) in [5.74, 6) is -0.0193. The van der Waals surface area contributed by atoms with Crippen LogP contribution in [0.1, 0.15) is 28.9 Å². The lowest BCUT2D eigenvalue weighted by atomic mass is 10.1. The van der Waals surface area contributed by atoms with Crippen molar-refractivity contribution < 1.29 is 9.90 Å². The number of carboxylic acid groups (broad SMARTS) is 1. The lowest BCUT2D eigenvalue weighted by molar-refractivity contribution is -0.132. The van der Waals surface area contributed by atoms with E-state index in [1.54, 1.807) is 17.4 Å². The molecule has 0 atom stereocenters. The smallest absolute Gasteiger partial charge is 0.332 e. The number of rotatable bonds is 7. The van der Waals surface area contributed by atoms with Gasteiger partial charge >= 0.3 is 5.97 Å². The van der Waals surface area contributed by atoms with Crippen molar-refractivity contribution in [2.45, 2.75) is 26.3 Å². The maximum absolute atomic E-state index is 11.6. The second-order valence-corrected chi connectivity index (χ2v) is 7.33. The van der Waals surface area contributed by atoms with Crippen molar-refractivity contribution in [2.75, 3.05) is 0 Å². The van der Waals surface area contributed by atoms with Crippen LogP contribution in [0.25, 0.3) is 6.08 Å². The summed E-state index contributed by atoms with van der Waals surface area (Å²) in [4.78, 5) is 17.2. The van der Waals surface area contributed by atoms with Crippen LogP contribution in [0.4, 0.5) is 0 Å². The molecule has 2 heterocycles. The zero-order valence-corrected chi connectivity index (χ0v) is 15.9. The number of imidazole rings is 1. The van der Waals surface area contributed by atoms with Gasteiger partial charge < -0.3 is 9.67 Å². The lowest BCUT2D eigenvalue weighted by Crippen LogP contribution is -2.03. The first-order valence-electron chi connectivity index (χ1n) is 8.32. The number of aryl methyl sites for hydroxylation is 1. The molecule has 26 heavy (non-hydrogen) atoms. The van der Waals surface area contributed by atoms with Gasteiger partial charge in [0, 0.05) is 34.5 Å². The summed E-state index contributed by atoms with van der Waals surface area (Å²) in [5.41, 5.74) is 1.99. The van der Waals surface area contributed by atoms with Crippen LogP contribution < -0.4 is 0 Å². The number of carboxylic acids is 1. The topological polar surface area (TPSA) is 55.1 Å². The summed E-state index contributed by atoms with van der Waals surface area (Å²) in [6.07, 6.45) is 4.70. The first-order chi connectivity index (χ1) is 12.6. The molecule has 0 aliphatic carbocycles. The van der Waals surface area contributed by atoms with Crippen LogP contribution in [0.5, 0.6) is 0 Å². The fourth-order valence-electron chi connectivity index (χ4n) is 2.74. The Labute approximate surface area is 161 Å². The van der Waals surface area contributed by atoms with Gasteiger partial charge in [-0.15, -0.1) is 11.3 Å². The van der Waals surface area contributed by atoms with Crippen molar-refractivity contribution in [3.05, 3.63) is 80.5 Å². The molecule has 0 amide bonds. The Bertz CT molecular complexity index is 929. The summed E-state index contributed by atoms with van der Waals surface area (Å²) in [5, 5.41) is 12.2. The van der Waals surface area contributed by atoms with E-state index in [2.05, 4.69) is 4.98 Å². The molecule has 0 aliphatic heterocycles. The fourth-order valence-corrected chi connectivity index (χ4v) is 3.67. The number of aromatic nitrogens is 2. The SMILES string of the molecule is CCc1nc(/C=C(\Cc2cccs2)C(=O)O)cn1Cc1ccccc1Cl. The van der Waals surface area contributed by atoms with Crippen LogP contribution in [-0.4, -0.2) is 20.6 Å². The normalized spacial score (nSPS) is 11.7. The van der Waals surface area contributed by atoms with E-state index in [1.165, 1.54) is 0 Å². The van der Waals surface area contributed by atoms with Gasteiger partial charge in [-0.25, -0.2) is 9.78 Å². The predicted molar refractivity (Wildman–Crippen MR) is 106 cm³/mol. The molecular weight excluding hydrogens is 368 g/mol. The van der Waals surface area contributed by atoms with Crippen molar-refractivity contribution >= 4 is 35.0 Å². The Morgan fingerprint density at radius 1 is 1.31 bits per heavy atom. The molecule has 1 N–H and O–H groups in total. The Hall–Kier alpha value is -2.37. The fraction of sp³-hybridized carbons (Fsp3) is 0.200. The predicted octanol–water partition coefficient (Wildman–Crippen LogP) is 4.92. The number of halogens is 1. The zero-order chi connectivity index (χ0) is 18.5. The molecule has 1 aromatic carbocycles.